The van der Waals surface area contributed by atoms with Crippen LogP contribution in [0.3, 0.4) is 0 Å². The summed E-state index contributed by atoms with van der Waals surface area (Å²) in [5.74, 6) is 1.40. The van der Waals surface area contributed by atoms with E-state index >= 15 is 0 Å². The Morgan fingerprint density at radius 2 is 2.05 bits per heavy atom. The van der Waals surface area contributed by atoms with E-state index in [-0.39, 0.29) is 5.91 Å². The highest BCUT2D eigenvalue weighted by Crippen LogP contribution is 2.14. The van der Waals surface area contributed by atoms with Crippen LogP contribution in [-0.2, 0) is 4.79 Å². The number of methoxy groups -OCH3 is 1. The lowest BCUT2D eigenvalue weighted by atomic mass is 10.3. The second kappa shape index (κ2) is 7.40. The quantitative estimate of drug-likeness (QED) is 0.788. The second-order valence-corrected chi connectivity index (χ2v) is 5.78. The van der Waals surface area contributed by atoms with Crippen LogP contribution in [0.5, 0.6) is 5.88 Å². The molecule has 122 valence electrons. The molecular weight excluding hydrogens is 282 g/mol. The van der Waals surface area contributed by atoms with Gasteiger partial charge < -0.3 is 14.5 Å². The summed E-state index contributed by atoms with van der Waals surface area (Å²) < 4.78 is 5.12. The Bertz CT molecular complexity index is 500. The summed E-state index contributed by atoms with van der Waals surface area (Å²) in [7, 11) is 3.57. The molecule has 1 saturated heterocycles. The normalized spacial score (nSPS) is 15.5. The van der Waals surface area contributed by atoms with Gasteiger partial charge in [0.25, 0.3) is 0 Å². The summed E-state index contributed by atoms with van der Waals surface area (Å²) >= 11 is 0. The largest absolute Gasteiger partial charge is 0.481 e. The van der Waals surface area contributed by atoms with Crippen molar-refractivity contribution in [2.45, 2.75) is 19.9 Å². The Balaban J connectivity index is 1.88. The zero-order valence-corrected chi connectivity index (χ0v) is 13.8. The SMILES string of the molecule is COc1ccnc(N2CCN(C(=O)CN(C)C(C)C)CC2)n1. The summed E-state index contributed by atoms with van der Waals surface area (Å²) in [5, 5.41) is 0. The van der Waals surface area contributed by atoms with Crippen molar-refractivity contribution in [1.29, 1.82) is 0 Å². The maximum absolute atomic E-state index is 12.3. The van der Waals surface area contributed by atoms with E-state index in [2.05, 4.69) is 33.6 Å². The van der Waals surface area contributed by atoms with Gasteiger partial charge in [-0.1, -0.05) is 0 Å². The first-order valence-electron chi connectivity index (χ1n) is 7.61. The standard InChI is InChI=1S/C15H25N5O2/c1-12(2)18(3)11-14(21)19-7-9-20(10-8-19)15-16-6-5-13(17-15)22-4/h5-6,12H,7-11H2,1-4H3. The molecule has 2 rings (SSSR count). The average Bonchev–Trinajstić information content (AvgIpc) is 2.54. The van der Waals surface area contributed by atoms with Crippen LogP contribution in [0.2, 0.25) is 0 Å². The second-order valence-electron chi connectivity index (χ2n) is 5.78. The molecule has 1 amide bonds. The zero-order chi connectivity index (χ0) is 16.1. The number of hydrogen-bond donors (Lipinski definition) is 0. The summed E-state index contributed by atoms with van der Waals surface area (Å²) in [6.45, 7) is 7.52. The Morgan fingerprint density at radius 3 is 2.64 bits per heavy atom. The van der Waals surface area contributed by atoms with Crippen LogP contribution in [0.15, 0.2) is 12.3 Å². The lowest BCUT2D eigenvalue weighted by Gasteiger charge is -2.35. The van der Waals surface area contributed by atoms with Crippen LogP contribution < -0.4 is 9.64 Å². The third-order valence-electron chi connectivity index (χ3n) is 4.01. The number of ether oxygens (including phenoxy) is 1. The zero-order valence-electron chi connectivity index (χ0n) is 13.8. The molecule has 0 spiro atoms. The highest BCUT2D eigenvalue weighted by molar-refractivity contribution is 5.78. The van der Waals surface area contributed by atoms with E-state index in [4.69, 9.17) is 4.74 Å². The van der Waals surface area contributed by atoms with E-state index < -0.39 is 0 Å². The molecule has 0 unspecified atom stereocenters. The van der Waals surface area contributed by atoms with Gasteiger partial charge in [-0.25, -0.2) is 4.98 Å². The van der Waals surface area contributed by atoms with Crippen molar-refractivity contribution in [1.82, 2.24) is 19.8 Å². The molecule has 7 heteroatoms. The minimum absolute atomic E-state index is 0.183. The Kier molecular flexibility index (Phi) is 5.54. The molecule has 0 aromatic carbocycles. The van der Waals surface area contributed by atoms with Crippen molar-refractivity contribution in [2.75, 3.05) is 51.8 Å². The molecule has 0 atom stereocenters. The predicted octanol–water partition coefficient (Wildman–Crippen LogP) is 0.474. The van der Waals surface area contributed by atoms with Gasteiger partial charge in [0.15, 0.2) is 0 Å². The molecule has 1 fully saturated rings. The fourth-order valence-corrected chi connectivity index (χ4v) is 2.25. The molecule has 1 aliphatic heterocycles. The van der Waals surface area contributed by atoms with Crippen molar-refractivity contribution in [3.63, 3.8) is 0 Å². The van der Waals surface area contributed by atoms with Crippen LogP contribution in [-0.4, -0.2) is 78.6 Å². The van der Waals surface area contributed by atoms with Crippen LogP contribution >= 0.6 is 0 Å². The van der Waals surface area contributed by atoms with E-state index in [9.17, 15) is 4.79 Å². The van der Waals surface area contributed by atoms with E-state index in [1.807, 2.05) is 11.9 Å². The van der Waals surface area contributed by atoms with Crippen LogP contribution in [0.1, 0.15) is 13.8 Å². The van der Waals surface area contributed by atoms with Crippen LogP contribution in [0.25, 0.3) is 0 Å². The first-order chi connectivity index (χ1) is 10.5. The van der Waals surface area contributed by atoms with Gasteiger partial charge in [-0.05, 0) is 20.9 Å². The third-order valence-corrected chi connectivity index (χ3v) is 4.01. The number of anilines is 1. The first-order valence-corrected chi connectivity index (χ1v) is 7.61. The molecular formula is C15H25N5O2. The Labute approximate surface area is 131 Å². The van der Waals surface area contributed by atoms with E-state index in [0.29, 0.717) is 37.5 Å². The van der Waals surface area contributed by atoms with Gasteiger partial charge in [-0.2, -0.15) is 4.98 Å². The molecule has 0 radical (unpaired) electrons. The van der Waals surface area contributed by atoms with Crippen molar-refractivity contribution in [3.8, 4) is 5.88 Å². The topological polar surface area (TPSA) is 61.8 Å². The minimum atomic E-state index is 0.183. The highest BCUT2D eigenvalue weighted by atomic mass is 16.5. The van der Waals surface area contributed by atoms with Crippen molar-refractivity contribution < 1.29 is 9.53 Å². The van der Waals surface area contributed by atoms with Gasteiger partial charge in [0.05, 0.1) is 13.7 Å². The summed E-state index contributed by atoms with van der Waals surface area (Å²) in [4.78, 5) is 26.9. The van der Waals surface area contributed by atoms with Gasteiger partial charge in [0.1, 0.15) is 0 Å². The number of likely N-dealkylation sites (N-methyl/N-ethyl adjacent to an activating group) is 1. The number of amides is 1. The smallest absolute Gasteiger partial charge is 0.236 e. The molecule has 22 heavy (non-hydrogen) atoms. The number of rotatable bonds is 5. The minimum Gasteiger partial charge on any atom is -0.481 e. The molecule has 1 aromatic rings. The highest BCUT2D eigenvalue weighted by Gasteiger charge is 2.23. The Hall–Kier alpha value is -1.89. The number of carbonyl (C=O) groups is 1. The molecule has 0 aliphatic carbocycles. The van der Waals surface area contributed by atoms with Gasteiger partial charge in [0, 0.05) is 44.5 Å². The number of piperazine rings is 1. The van der Waals surface area contributed by atoms with Gasteiger partial charge >= 0.3 is 0 Å². The summed E-state index contributed by atoms with van der Waals surface area (Å²) in [6, 6.07) is 2.10. The maximum atomic E-state index is 12.3. The predicted molar refractivity (Wildman–Crippen MR) is 85.1 cm³/mol. The molecule has 1 aromatic heterocycles. The van der Waals surface area contributed by atoms with Gasteiger partial charge in [-0.3, -0.25) is 9.69 Å². The lowest BCUT2D eigenvalue weighted by molar-refractivity contribution is -0.132. The third kappa shape index (κ3) is 4.07. The molecule has 1 aliphatic rings. The van der Waals surface area contributed by atoms with Crippen LogP contribution in [0, 0.1) is 0 Å². The van der Waals surface area contributed by atoms with Crippen LogP contribution in [0.4, 0.5) is 5.95 Å². The molecule has 0 bridgehead atoms. The maximum Gasteiger partial charge on any atom is 0.236 e. The number of hydrogen-bond acceptors (Lipinski definition) is 6. The van der Waals surface area contributed by atoms with Gasteiger partial charge in [-0.15, -0.1) is 0 Å². The van der Waals surface area contributed by atoms with Crippen molar-refractivity contribution >= 4 is 11.9 Å². The number of nitrogens with zero attached hydrogens (tertiary/aromatic N) is 5. The first kappa shape index (κ1) is 16.5. The average molecular weight is 307 g/mol. The van der Waals surface area contributed by atoms with Gasteiger partial charge in [0.2, 0.25) is 17.7 Å². The molecule has 0 N–H and O–H groups in total. The Morgan fingerprint density at radius 1 is 1.36 bits per heavy atom. The van der Waals surface area contributed by atoms with E-state index in [1.54, 1.807) is 19.4 Å². The fraction of sp³-hybridized carbons (Fsp3) is 0.667. The summed E-state index contributed by atoms with van der Waals surface area (Å²) in [6.07, 6.45) is 1.69. The van der Waals surface area contributed by atoms with Crippen molar-refractivity contribution in [3.05, 3.63) is 12.3 Å². The fourth-order valence-electron chi connectivity index (χ4n) is 2.25. The summed E-state index contributed by atoms with van der Waals surface area (Å²) in [5.41, 5.74) is 0. The van der Waals surface area contributed by atoms with E-state index in [1.165, 1.54) is 0 Å². The molecule has 2 heterocycles. The molecule has 0 saturated carbocycles. The monoisotopic (exact) mass is 307 g/mol. The van der Waals surface area contributed by atoms with Crippen molar-refractivity contribution in [2.24, 2.45) is 0 Å². The number of aromatic nitrogens is 2. The lowest BCUT2D eigenvalue weighted by Crippen LogP contribution is -2.51. The van der Waals surface area contributed by atoms with E-state index in [0.717, 1.165) is 13.1 Å². The number of carbonyl (C=O) groups excluding carboxylic acids is 1. The molecule has 7 nitrogen and oxygen atoms in total.